The van der Waals surface area contributed by atoms with E-state index < -0.39 is 6.10 Å². The summed E-state index contributed by atoms with van der Waals surface area (Å²) in [6.07, 6.45) is 1.83. The van der Waals surface area contributed by atoms with Crippen LogP contribution in [-0.2, 0) is 6.42 Å². The smallest absolute Gasteiger partial charge is 0.156 e. The van der Waals surface area contributed by atoms with Crippen molar-refractivity contribution in [1.82, 2.24) is 9.38 Å². The molecule has 2 heterocycles. The quantitative estimate of drug-likeness (QED) is 0.882. The predicted octanol–water partition coefficient (Wildman–Crippen LogP) is 2.56. The Hall–Kier alpha value is -0.770. The van der Waals surface area contributed by atoms with E-state index in [4.69, 9.17) is 23.2 Å². The largest absolute Gasteiger partial charge is 0.393 e. The van der Waals surface area contributed by atoms with Crippen LogP contribution < -0.4 is 0 Å². The second kappa shape index (κ2) is 4.00. The SMILES string of the molecule is CC(O)Cc1nc(Cl)c2c(Cl)cccn12. The van der Waals surface area contributed by atoms with E-state index in [9.17, 15) is 5.11 Å². The lowest BCUT2D eigenvalue weighted by Gasteiger charge is -2.03. The third-order valence-corrected chi connectivity index (χ3v) is 2.69. The highest BCUT2D eigenvalue weighted by molar-refractivity contribution is 6.39. The Morgan fingerprint density at radius 1 is 1.53 bits per heavy atom. The number of aliphatic hydroxyl groups is 1. The van der Waals surface area contributed by atoms with Crippen LogP contribution in [0.3, 0.4) is 0 Å². The van der Waals surface area contributed by atoms with Gasteiger partial charge in [0.15, 0.2) is 5.15 Å². The van der Waals surface area contributed by atoms with Crippen LogP contribution in [0.4, 0.5) is 0 Å². The van der Waals surface area contributed by atoms with Gasteiger partial charge in [-0.15, -0.1) is 0 Å². The first kappa shape index (κ1) is 10.7. The van der Waals surface area contributed by atoms with E-state index in [0.29, 0.717) is 27.9 Å². The van der Waals surface area contributed by atoms with E-state index in [-0.39, 0.29) is 0 Å². The van der Waals surface area contributed by atoms with Gasteiger partial charge in [0.25, 0.3) is 0 Å². The molecule has 0 spiro atoms. The Kier molecular flexibility index (Phi) is 2.87. The first-order chi connectivity index (χ1) is 7.09. The molecule has 0 aromatic carbocycles. The minimum atomic E-state index is -0.453. The van der Waals surface area contributed by atoms with Crippen LogP contribution >= 0.6 is 23.2 Å². The van der Waals surface area contributed by atoms with Crippen molar-refractivity contribution >= 4 is 28.7 Å². The summed E-state index contributed by atoms with van der Waals surface area (Å²) in [4.78, 5) is 4.17. The molecule has 0 fully saturated rings. The number of pyridine rings is 1. The maximum Gasteiger partial charge on any atom is 0.156 e. The molecular weight excluding hydrogens is 235 g/mol. The molecule has 0 aliphatic rings. The van der Waals surface area contributed by atoms with E-state index in [0.717, 1.165) is 0 Å². The summed E-state index contributed by atoms with van der Waals surface area (Å²) >= 11 is 12.0. The predicted molar refractivity (Wildman–Crippen MR) is 60.6 cm³/mol. The van der Waals surface area contributed by atoms with Gasteiger partial charge < -0.3 is 9.51 Å². The number of aliphatic hydroxyl groups excluding tert-OH is 1. The molecule has 2 rings (SSSR count). The zero-order valence-electron chi connectivity index (χ0n) is 8.11. The van der Waals surface area contributed by atoms with Crippen molar-refractivity contribution in [3.05, 3.63) is 34.3 Å². The van der Waals surface area contributed by atoms with Crippen LogP contribution in [-0.4, -0.2) is 20.6 Å². The number of fused-ring (bicyclic) bond motifs is 1. The first-order valence-corrected chi connectivity index (χ1v) is 5.34. The molecule has 0 radical (unpaired) electrons. The second-order valence-corrected chi connectivity index (χ2v) is 4.21. The van der Waals surface area contributed by atoms with Crippen LogP contribution in [0.5, 0.6) is 0 Å². The average molecular weight is 245 g/mol. The van der Waals surface area contributed by atoms with Gasteiger partial charge in [-0.05, 0) is 19.1 Å². The molecule has 0 aliphatic heterocycles. The van der Waals surface area contributed by atoms with Crippen molar-refractivity contribution in [2.24, 2.45) is 0 Å². The number of halogens is 2. The molecule has 1 N–H and O–H groups in total. The number of nitrogens with zero attached hydrogens (tertiary/aromatic N) is 2. The monoisotopic (exact) mass is 244 g/mol. The lowest BCUT2D eigenvalue weighted by Crippen LogP contribution is -2.07. The molecular formula is C10H10Cl2N2O. The van der Waals surface area contributed by atoms with Gasteiger partial charge in [0.2, 0.25) is 0 Å². The molecule has 0 saturated carbocycles. The van der Waals surface area contributed by atoms with Gasteiger partial charge in [-0.2, -0.15) is 0 Å². The van der Waals surface area contributed by atoms with Crippen molar-refractivity contribution < 1.29 is 5.11 Å². The summed E-state index contributed by atoms with van der Waals surface area (Å²) in [5.41, 5.74) is 0.691. The number of hydrogen-bond donors (Lipinski definition) is 1. The van der Waals surface area contributed by atoms with Gasteiger partial charge in [-0.1, -0.05) is 23.2 Å². The van der Waals surface area contributed by atoms with Gasteiger partial charge in [-0.25, -0.2) is 4.98 Å². The molecule has 5 heteroatoms. The van der Waals surface area contributed by atoms with Crippen molar-refractivity contribution in [3.63, 3.8) is 0 Å². The average Bonchev–Trinajstić information content (AvgIpc) is 2.44. The lowest BCUT2D eigenvalue weighted by molar-refractivity contribution is 0.192. The van der Waals surface area contributed by atoms with E-state index >= 15 is 0 Å². The number of rotatable bonds is 2. The first-order valence-electron chi connectivity index (χ1n) is 4.58. The zero-order valence-corrected chi connectivity index (χ0v) is 9.63. The molecule has 2 aromatic heterocycles. The van der Waals surface area contributed by atoms with Crippen molar-refractivity contribution in [3.8, 4) is 0 Å². The normalized spacial score (nSPS) is 13.3. The van der Waals surface area contributed by atoms with Crippen LogP contribution in [0, 0.1) is 0 Å². The number of hydrogen-bond acceptors (Lipinski definition) is 2. The van der Waals surface area contributed by atoms with Crippen LogP contribution in [0.1, 0.15) is 12.7 Å². The zero-order chi connectivity index (χ0) is 11.0. The fourth-order valence-corrected chi connectivity index (χ4v) is 2.12. The Morgan fingerprint density at radius 2 is 2.27 bits per heavy atom. The Morgan fingerprint density at radius 3 is 2.93 bits per heavy atom. The molecule has 3 nitrogen and oxygen atoms in total. The van der Waals surface area contributed by atoms with Gasteiger partial charge in [0.1, 0.15) is 11.3 Å². The maximum atomic E-state index is 9.31. The van der Waals surface area contributed by atoms with Crippen LogP contribution in [0.2, 0.25) is 10.2 Å². The van der Waals surface area contributed by atoms with Crippen LogP contribution in [0.15, 0.2) is 18.3 Å². The number of imidazole rings is 1. The Bertz CT molecular complexity index is 493. The molecule has 0 bridgehead atoms. The molecule has 80 valence electrons. The van der Waals surface area contributed by atoms with E-state index in [1.165, 1.54) is 0 Å². The van der Waals surface area contributed by atoms with E-state index in [1.807, 2.05) is 12.3 Å². The van der Waals surface area contributed by atoms with Gasteiger partial charge >= 0.3 is 0 Å². The third-order valence-electron chi connectivity index (χ3n) is 2.12. The highest BCUT2D eigenvalue weighted by Crippen LogP contribution is 2.26. The topological polar surface area (TPSA) is 37.5 Å². The van der Waals surface area contributed by atoms with E-state index in [1.54, 1.807) is 17.4 Å². The molecule has 0 amide bonds. The fraction of sp³-hybridized carbons (Fsp3) is 0.300. The second-order valence-electron chi connectivity index (χ2n) is 3.45. The van der Waals surface area contributed by atoms with Crippen LogP contribution in [0.25, 0.3) is 5.52 Å². The summed E-state index contributed by atoms with van der Waals surface area (Å²) < 4.78 is 1.80. The van der Waals surface area contributed by atoms with Crippen molar-refractivity contribution in [2.45, 2.75) is 19.4 Å². The van der Waals surface area contributed by atoms with Crippen molar-refractivity contribution in [1.29, 1.82) is 0 Å². The minimum Gasteiger partial charge on any atom is -0.393 e. The van der Waals surface area contributed by atoms with Gasteiger partial charge in [-0.3, -0.25) is 0 Å². The maximum absolute atomic E-state index is 9.31. The Labute approximate surface area is 97.3 Å². The highest BCUT2D eigenvalue weighted by atomic mass is 35.5. The molecule has 1 atom stereocenters. The number of aromatic nitrogens is 2. The summed E-state index contributed by atoms with van der Waals surface area (Å²) in [7, 11) is 0. The molecule has 0 saturated heterocycles. The Balaban J connectivity index is 2.63. The van der Waals surface area contributed by atoms with E-state index in [2.05, 4.69) is 4.98 Å². The summed E-state index contributed by atoms with van der Waals surface area (Å²) in [5, 5.41) is 10.2. The summed E-state index contributed by atoms with van der Waals surface area (Å²) in [5.74, 6) is 0.715. The summed E-state index contributed by atoms with van der Waals surface area (Å²) in [6, 6.07) is 3.58. The molecule has 1 unspecified atom stereocenters. The van der Waals surface area contributed by atoms with Gasteiger partial charge in [0.05, 0.1) is 11.1 Å². The lowest BCUT2D eigenvalue weighted by atomic mass is 10.3. The molecule has 2 aromatic rings. The molecule has 0 aliphatic carbocycles. The molecule has 15 heavy (non-hydrogen) atoms. The summed E-state index contributed by atoms with van der Waals surface area (Å²) in [6.45, 7) is 1.71. The fourth-order valence-electron chi connectivity index (χ4n) is 1.52. The van der Waals surface area contributed by atoms with Crippen molar-refractivity contribution in [2.75, 3.05) is 0 Å². The minimum absolute atomic E-state index is 0.372. The third kappa shape index (κ3) is 1.95. The standard InChI is InChI=1S/C10H10Cl2N2O/c1-6(15)5-8-13-10(12)9-7(11)3-2-4-14(8)9/h2-4,6,15H,5H2,1H3. The highest BCUT2D eigenvalue weighted by Gasteiger charge is 2.13. The van der Waals surface area contributed by atoms with Gasteiger partial charge in [0, 0.05) is 12.6 Å².